The number of hydrogen-bond donors (Lipinski definition) is 4. The first kappa shape index (κ1) is 30.7. The third kappa shape index (κ3) is 8.31. The second-order valence-corrected chi connectivity index (χ2v) is 11.3. The highest BCUT2D eigenvalue weighted by Crippen LogP contribution is 2.20. The maximum Gasteiger partial charge on any atom is 0.269 e. The van der Waals surface area contributed by atoms with Gasteiger partial charge in [0.1, 0.15) is 12.1 Å². The average molecular weight is 575 g/mol. The van der Waals surface area contributed by atoms with E-state index in [1.165, 1.54) is 41.3 Å². The Hall–Kier alpha value is -3.88. The molecule has 0 aliphatic carbocycles. The minimum absolute atomic E-state index is 0.0287. The highest BCUT2D eigenvalue weighted by atomic mass is 32.2. The lowest BCUT2D eigenvalue weighted by molar-refractivity contribution is -0.384. The number of rotatable bonds is 13. The molecule has 14 heteroatoms. The van der Waals surface area contributed by atoms with Crippen molar-refractivity contribution in [2.75, 3.05) is 25.0 Å². The zero-order chi connectivity index (χ0) is 29.3. The molecule has 0 saturated carbocycles. The summed E-state index contributed by atoms with van der Waals surface area (Å²) in [6, 6.07) is 9.69. The van der Waals surface area contributed by atoms with Gasteiger partial charge in [0.25, 0.3) is 5.69 Å². The van der Waals surface area contributed by atoms with Crippen molar-refractivity contribution in [1.29, 1.82) is 0 Å². The van der Waals surface area contributed by atoms with Crippen LogP contribution in [0.5, 0.6) is 0 Å². The Kier molecular flexibility index (Phi) is 10.7. The van der Waals surface area contributed by atoms with Gasteiger partial charge in [-0.3, -0.25) is 24.5 Å². The number of aryl methyl sites for hydroxylation is 1. The third-order valence-corrected chi connectivity index (χ3v) is 7.96. The minimum atomic E-state index is -3.92. The minimum Gasteiger partial charge on any atom is -0.343 e. The number of anilines is 1. The third-order valence-electron chi connectivity index (χ3n) is 6.55. The van der Waals surface area contributed by atoms with Crippen molar-refractivity contribution in [1.82, 2.24) is 14.9 Å². The number of likely N-dealkylation sites (tertiary alicyclic amines) is 1. The van der Waals surface area contributed by atoms with Gasteiger partial charge in [-0.25, -0.2) is 13.1 Å². The van der Waals surface area contributed by atoms with Crippen LogP contribution in [0.25, 0.3) is 0 Å². The summed E-state index contributed by atoms with van der Waals surface area (Å²) in [5.41, 5.74) is 6.66. The fourth-order valence-corrected chi connectivity index (χ4v) is 5.30. The first-order valence-electron chi connectivity index (χ1n) is 12.9. The second kappa shape index (κ2) is 14.0. The molecule has 216 valence electrons. The van der Waals surface area contributed by atoms with E-state index in [-0.39, 0.29) is 17.1 Å². The number of nitro benzene ring substituents is 1. The van der Waals surface area contributed by atoms with Crippen LogP contribution in [-0.2, 0) is 24.4 Å². The summed E-state index contributed by atoms with van der Waals surface area (Å²) >= 11 is 0. The molecule has 2 aromatic carbocycles. The maximum absolute atomic E-state index is 13.2. The Bertz CT molecular complexity index is 1320. The summed E-state index contributed by atoms with van der Waals surface area (Å²) < 4.78 is 27.4. The maximum atomic E-state index is 13.2. The zero-order valence-corrected chi connectivity index (χ0v) is 23.0. The lowest BCUT2D eigenvalue weighted by Gasteiger charge is -2.26. The monoisotopic (exact) mass is 574 g/mol. The van der Waals surface area contributed by atoms with Gasteiger partial charge in [0.2, 0.25) is 27.7 Å². The number of non-ortho nitro benzene ring substituents is 1. The van der Waals surface area contributed by atoms with E-state index < -0.39 is 51.3 Å². The number of sulfonamides is 1. The van der Waals surface area contributed by atoms with E-state index in [0.717, 1.165) is 5.56 Å². The second-order valence-electron chi connectivity index (χ2n) is 9.52. The Morgan fingerprint density at radius 1 is 1.10 bits per heavy atom. The van der Waals surface area contributed by atoms with Gasteiger partial charge >= 0.3 is 0 Å². The van der Waals surface area contributed by atoms with Crippen molar-refractivity contribution < 1.29 is 27.7 Å². The van der Waals surface area contributed by atoms with E-state index in [1.807, 2.05) is 6.92 Å². The predicted molar refractivity (Wildman–Crippen MR) is 148 cm³/mol. The average Bonchev–Trinajstić information content (AvgIpc) is 3.42. The van der Waals surface area contributed by atoms with Gasteiger partial charge in [0.05, 0.1) is 16.4 Å². The fourth-order valence-electron chi connectivity index (χ4n) is 4.32. The number of nitrogens with two attached hydrogens (primary N) is 1. The molecule has 0 unspecified atom stereocenters. The molecule has 2 aromatic rings. The molecule has 13 nitrogen and oxygen atoms in total. The molecule has 3 amide bonds. The number of carbonyl (C=O) groups excluding carboxylic acids is 3. The number of nitrogens with zero attached hydrogens (tertiary/aromatic N) is 2. The van der Waals surface area contributed by atoms with Gasteiger partial charge in [-0.2, -0.15) is 0 Å². The fraction of sp³-hybridized carbons (Fsp3) is 0.423. The van der Waals surface area contributed by atoms with E-state index in [9.17, 15) is 32.9 Å². The molecule has 0 aromatic heterocycles. The number of unbranched alkanes of at least 4 members (excludes halogenated alkanes) is 1. The number of amides is 3. The summed E-state index contributed by atoms with van der Waals surface area (Å²) in [7, 11) is -3.92. The molecule has 5 N–H and O–H groups in total. The quantitative estimate of drug-likeness (QED) is 0.157. The summed E-state index contributed by atoms with van der Waals surface area (Å²) in [4.78, 5) is 50.8. The van der Waals surface area contributed by atoms with Crippen LogP contribution in [0, 0.1) is 17.0 Å². The van der Waals surface area contributed by atoms with E-state index in [1.54, 1.807) is 12.1 Å². The SMILES string of the molecule is Cc1ccc(S(=O)(=O)NCC(=O)N2CCC[C@@H]2C(=O)N[C@H](CCCCN)C(=O)Nc2ccc([N+](=O)[O-])cc2)cc1. The molecule has 1 saturated heterocycles. The Morgan fingerprint density at radius 3 is 2.40 bits per heavy atom. The number of nitro groups is 1. The molecular formula is C26H34N6O7S. The number of nitrogens with one attached hydrogen (secondary N) is 3. The van der Waals surface area contributed by atoms with E-state index in [2.05, 4.69) is 15.4 Å². The highest BCUT2D eigenvalue weighted by molar-refractivity contribution is 7.89. The molecule has 1 heterocycles. The zero-order valence-electron chi connectivity index (χ0n) is 22.2. The van der Waals surface area contributed by atoms with Crippen LogP contribution >= 0.6 is 0 Å². The topological polar surface area (TPSA) is 194 Å². The van der Waals surface area contributed by atoms with Gasteiger partial charge < -0.3 is 21.3 Å². The van der Waals surface area contributed by atoms with Crippen LogP contribution in [0.2, 0.25) is 0 Å². The molecule has 1 aliphatic rings. The van der Waals surface area contributed by atoms with Gasteiger partial charge in [0, 0.05) is 24.4 Å². The molecule has 0 bridgehead atoms. The molecule has 0 spiro atoms. The van der Waals surface area contributed by atoms with Crippen LogP contribution in [0.15, 0.2) is 53.4 Å². The van der Waals surface area contributed by atoms with Crippen molar-refractivity contribution in [3.8, 4) is 0 Å². The van der Waals surface area contributed by atoms with Gasteiger partial charge in [-0.15, -0.1) is 0 Å². The summed E-state index contributed by atoms with van der Waals surface area (Å²) in [6.45, 7) is 2.00. The van der Waals surface area contributed by atoms with Crippen LogP contribution < -0.4 is 21.1 Å². The van der Waals surface area contributed by atoms with E-state index in [4.69, 9.17) is 5.73 Å². The Morgan fingerprint density at radius 2 is 1.77 bits per heavy atom. The summed E-state index contributed by atoms with van der Waals surface area (Å²) in [5.74, 6) is -1.59. The molecule has 2 atom stereocenters. The molecule has 40 heavy (non-hydrogen) atoms. The lowest BCUT2D eigenvalue weighted by Crippen LogP contribution is -2.53. The van der Waals surface area contributed by atoms with Crippen molar-refractivity contribution in [2.45, 2.75) is 56.0 Å². The molecule has 1 aliphatic heterocycles. The van der Waals surface area contributed by atoms with Crippen molar-refractivity contribution in [3.05, 3.63) is 64.2 Å². The van der Waals surface area contributed by atoms with Gasteiger partial charge in [-0.1, -0.05) is 17.7 Å². The standard InChI is InChI=1S/C26H34N6O7S/c1-18-7-13-21(14-8-18)40(38,39)28-17-24(33)31-16-4-6-23(31)26(35)30-22(5-2-3-15-27)25(34)29-19-9-11-20(12-10-19)32(36)37/h7-14,22-23,28H,2-6,15-17,27H2,1H3,(H,29,34)(H,30,35)/t22-,23-/m1/s1. The Labute approximate surface area is 232 Å². The van der Waals surface area contributed by atoms with Crippen molar-refractivity contribution in [2.24, 2.45) is 5.73 Å². The number of hydrogen-bond acceptors (Lipinski definition) is 8. The lowest BCUT2D eigenvalue weighted by atomic mass is 10.1. The predicted octanol–water partition coefficient (Wildman–Crippen LogP) is 1.43. The largest absolute Gasteiger partial charge is 0.343 e. The normalized spacial score (nSPS) is 15.8. The number of carbonyl (C=O) groups is 3. The van der Waals surface area contributed by atoms with Crippen LogP contribution in [0.1, 0.15) is 37.7 Å². The van der Waals surface area contributed by atoms with E-state index in [0.29, 0.717) is 44.3 Å². The first-order valence-corrected chi connectivity index (χ1v) is 14.4. The first-order chi connectivity index (χ1) is 19.0. The van der Waals surface area contributed by atoms with Gasteiger partial charge in [-0.05, 0) is 69.8 Å². The summed E-state index contributed by atoms with van der Waals surface area (Å²) in [6.07, 6.45) is 2.39. The van der Waals surface area contributed by atoms with Crippen LogP contribution in [-0.4, -0.2) is 67.7 Å². The molecule has 0 radical (unpaired) electrons. The van der Waals surface area contributed by atoms with Crippen molar-refractivity contribution >= 4 is 39.1 Å². The van der Waals surface area contributed by atoms with Crippen LogP contribution in [0.4, 0.5) is 11.4 Å². The Balaban J connectivity index is 1.64. The van der Waals surface area contributed by atoms with Crippen LogP contribution in [0.3, 0.4) is 0 Å². The van der Waals surface area contributed by atoms with E-state index >= 15 is 0 Å². The highest BCUT2D eigenvalue weighted by Gasteiger charge is 2.36. The molecule has 3 rings (SSSR count). The smallest absolute Gasteiger partial charge is 0.269 e. The van der Waals surface area contributed by atoms with Crippen molar-refractivity contribution in [3.63, 3.8) is 0 Å². The molecule has 1 fully saturated rings. The number of benzene rings is 2. The summed E-state index contributed by atoms with van der Waals surface area (Å²) in [5, 5.41) is 16.3. The molecular weight excluding hydrogens is 540 g/mol. The van der Waals surface area contributed by atoms with Gasteiger partial charge in [0.15, 0.2) is 0 Å².